The van der Waals surface area contributed by atoms with Gasteiger partial charge in [0.05, 0.1) is 35.5 Å². The van der Waals surface area contributed by atoms with E-state index in [-0.39, 0.29) is 11.3 Å². The second-order valence-corrected chi connectivity index (χ2v) is 8.31. The number of ether oxygens (including phenoxy) is 1. The van der Waals surface area contributed by atoms with Crippen LogP contribution in [-0.4, -0.2) is 29.8 Å². The first kappa shape index (κ1) is 24.0. The maximum atomic E-state index is 13.6. The summed E-state index contributed by atoms with van der Waals surface area (Å²) in [4.78, 5) is 25.3. The van der Waals surface area contributed by atoms with E-state index in [1.165, 1.54) is 5.01 Å². The zero-order chi connectivity index (χ0) is 24.8. The molecule has 1 aliphatic heterocycles. The fraction of sp³-hybridized carbons (Fsp3) is 0.148. The van der Waals surface area contributed by atoms with Gasteiger partial charge in [0.1, 0.15) is 5.75 Å². The molecule has 1 heterocycles. The molecule has 7 nitrogen and oxygen atoms in total. The number of benzene rings is 3. The van der Waals surface area contributed by atoms with Gasteiger partial charge < -0.3 is 15.2 Å². The molecule has 0 saturated carbocycles. The number of amides is 1. The summed E-state index contributed by atoms with van der Waals surface area (Å²) < 4.78 is 5.25. The Balaban J connectivity index is 1.77. The number of nitrogens with zero attached hydrogens (tertiary/aromatic N) is 2. The van der Waals surface area contributed by atoms with Crippen molar-refractivity contribution in [1.82, 2.24) is 5.32 Å². The number of aliphatic carboxylic acids is 1. The van der Waals surface area contributed by atoms with Crippen LogP contribution in [0.15, 0.2) is 95.2 Å². The topological polar surface area (TPSA) is 91.2 Å². The van der Waals surface area contributed by atoms with Crippen molar-refractivity contribution in [2.75, 3.05) is 12.1 Å². The highest BCUT2D eigenvalue weighted by Gasteiger charge is 2.35. The average molecular weight is 490 g/mol. The molecule has 0 fully saturated rings. The maximum absolute atomic E-state index is 13.6. The van der Waals surface area contributed by atoms with Gasteiger partial charge in [0.15, 0.2) is 0 Å². The molecule has 178 valence electrons. The molecule has 0 unspecified atom stereocenters. The van der Waals surface area contributed by atoms with Crippen LogP contribution >= 0.6 is 11.6 Å². The number of nitrogens with one attached hydrogen (secondary N) is 1. The lowest BCUT2D eigenvalue weighted by atomic mass is 9.99. The fourth-order valence-corrected chi connectivity index (χ4v) is 4.01. The van der Waals surface area contributed by atoms with Crippen LogP contribution in [0, 0.1) is 0 Å². The van der Waals surface area contributed by atoms with Crippen LogP contribution in [0.3, 0.4) is 0 Å². The number of methoxy groups -OCH3 is 1. The molecule has 0 spiro atoms. The molecule has 0 radical (unpaired) electrons. The predicted molar refractivity (Wildman–Crippen MR) is 136 cm³/mol. The monoisotopic (exact) mass is 489 g/mol. The second-order valence-electron chi connectivity index (χ2n) is 7.90. The van der Waals surface area contributed by atoms with Crippen molar-refractivity contribution in [2.45, 2.75) is 19.4 Å². The molecule has 0 aromatic heterocycles. The van der Waals surface area contributed by atoms with E-state index in [2.05, 4.69) is 10.4 Å². The molecular weight excluding hydrogens is 466 g/mol. The number of anilines is 1. The number of carboxylic acids is 1. The van der Waals surface area contributed by atoms with E-state index in [4.69, 9.17) is 16.3 Å². The number of carbonyl (C=O) groups excluding carboxylic acids is 1. The second kappa shape index (κ2) is 10.9. The van der Waals surface area contributed by atoms with E-state index in [1.807, 2.05) is 54.6 Å². The molecule has 8 heteroatoms. The number of hydrogen-bond acceptors (Lipinski definition) is 5. The minimum atomic E-state index is -1.08. The molecule has 1 aliphatic rings. The Morgan fingerprint density at radius 2 is 1.66 bits per heavy atom. The summed E-state index contributed by atoms with van der Waals surface area (Å²) in [6.45, 7) is 0.454. The van der Waals surface area contributed by atoms with Crippen molar-refractivity contribution in [3.05, 3.63) is 106 Å². The Hall–Kier alpha value is -4.10. The van der Waals surface area contributed by atoms with E-state index in [1.54, 1.807) is 31.4 Å². The Bertz CT molecular complexity index is 1290. The zero-order valence-electron chi connectivity index (χ0n) is 19.1. The normalized spacial score (nSPS) is 14.5. The third-order valence-corrected chi connectivity index (χ3v) is 5.82. The van der Waals surface area contributed by atoms with Crippen LogP contribution in [0.25, 0.3) is 0 Å². The molecule has 3 aromatic rings. The van der Waals surface area contributed by atoms with Gasteiger partial charge in [0, 0.05) is 18.7 Å². The lowest BCUT2D eigenvalue weighted by molar-refractivity contribution is -0.135. The Kier molecular flexibility index (Phi) is 7.48. The highest BCUT2D eigenvalue weighted by atomic mass is 35.5. The summed E-state index contributed by atoms with van der Waals surface area (Å²) in [5.41, 5.74) is 3.33. The smallest absolute Gasteiger partial charge is 0.309 e. The molecule has 0 aliphatic carbocycles. The highest BCUT2D eigenvalue weighted by Crippen LogP contribution is 2.32. The van der Waals surface area contributed by atoms with Crippen LogP contribution in [0.1, 0.15) is 17.5 Å². The number of carbonyl (C=O) groups is 2. The van der Waals surface area contributed by atoms with Crippen molar-refractivity contribution >= 4 is 34.9 Å². The van der Waals surface area contributed by atoms with Crippen LogP contribution in [0.2, 0.25) is 5.02 Å². The van der Waals surface area contributed by atoms with Gasteiger partial charge in [0.2, 0.25) is 0 Å². The minimum absolute atomic E-state index is 0.173. The molecule has 0 bridgehead atoms. The Morgan fingerprint density at radius 3 is 2.31 bits per heavy atom. The summed E-state index contributed by atoms with van der Waals surface area (Å²) in [6.07, 6.45) is -0.0337. The van der Waals surface area contributed by atoms with E-state index >= 15 is 0 Å². The van der Waals surface area contributed by atoms with E-state index in [0.717, 1.165) is 16.9 Å². The number of para-hydroxylation sites is 1. The molecule has 35 heavy (non-hydrogen) atoms. The van der Waals surface area contributed by atoms with Crippen LogP contribution in [0.5, 0.6) is 5.75 Å². The lowest BCUT2D eigenvalue weighted by Crippen LogP contribution is -2.27. The van der Waals surface area contributed by atoms with Crippen molar-refractivity contribution in [3.8, 4) is 5.75 Å². The zero-order valence-corrected chi connectivity index (χ0v) is 19.8. The Morgan fingerprint density at radius 1 is 0.971 bits per heavy atom. The summed E-state index contributed by atoms with van der Waals surface area (Å²) >= 11 is 6.33. The first-order valence-electron chi connectivity index (χ1n) is 11.0. The van der Waals surface area contributed by atoms with Crippen molar-refractivity contribution < 1.29 is 19.4 Å². The highest BCUT2D eigenvalue weighted by molar-refractivity contribution is 6.37. The number of allylic oxidation sites excluding steroid dienone is 1. The summed E-state index contributed by atoms with van der Waals surface area (Å²) in [5, 5.41) is 18.8. The van der Waals surface area contributed by atoms with Crippen LogP contribution in [-0.2, 0) is 22.6 Å². The molecular formula is C27H24ClN3O4. The first-order valence-corrected chi connectivity index (χ1v) is 11.4. The first-order chi connectivity index (χ1) is 17.0. The standard InChI is InChI=1S/C27H24ClN3O4/c1-35-20-13-11-18(12-14-20)15-22(29-17-19-7-3-2-4-8-19)26-23(16-25(32)33)30-31(27(26)34)24-10-6-5-9-21(24)28/h2-14,29H,15-17H2,1H3,(H,32,33). The Labute approximate surface area is 208 Å². The van der Waals surface area contributed by atoms with Gasteiger partial charge in [-0.05, 0) is 35.4 Å². The quantitative estimate of drug-likeness (QED) is 0.421. The fourth-order valence-electron chi connectivity index (χ4n) is 3.79. The van der Waals surface area contributed by atoms with Gasteiger partial charge >= 0.3 is 5.97 Å². The van der Waals surface area contributed by atoms with Crippen molar-refractivity contribution in [1.29, 1.82) is 0 Å². The minimum Gasteiger partial charge on any atom is -0.497 e. The van der Waals surface area contributed by atoms with Crippen LogP contribution in [0.4, 0.5) is 5.69 Å². The number of carboxylic acid groups (broad SMARTS) is 1. The average Bonchev–Trinajstić information content (AvgIpc) is 3.17. The van der Waals surface area contributed by atoms with Crippen molar-refractivity contribution in [3.63, 3.8) is 0 Å². The van der Waals surface area contributed by atoms with E-state index in [9.17, 15) is 14.7 Å². The number of rotatable bonds is 9. The third kappa shape index (κ3) is 5.70. The third-order valence-electron chi connectivity index (χ3n) is 5.51. The predicted octanol–water partition coefficient (Wildman–Crippen LogP) is 4.81. The molecule has 0 saturated heterocycles. The molecule has 2 N–H and O–H groups in total. The van der Waals surface area contributed by atoms with Crippen LogP contribution < -0.4 is 15.1 Å². The van der Waals surface area contributed by atoms with Gasteiger partial charge in [-0.1, -0.05) is 66.2 Å². The van der Waals surface area contributed by atoms with Gasteiger partial charge in [-0.3, -0.25) is 9.59 Å². The molecule has 0 atom stereocenters. The number of hydrazone groups is 1. The van der Waals surface area contributed by atoms with E-state index < -0.39 is 18.3 Å². The lowest BCUT2D eigenvalue weighted by Gasteiger charge is -2.17. The van der Waals surface area contributed by atoms with Gasteiger partial charge in [0.25, 0.3) is 5.91 Å². The molecule has 3 aromatic carbocycles. The SMILES string of the molecule is COc1ccc(CC(NCc2ccccc2)=C2C(=O)N(c3ccccc3Cl)N=C2CC(=O)O)cc1. The van der Waals surface area contributed by atoms with Gasteiger partial charge in [-0.25, -0.2) is 0 Å². The van der Waals surface area contributed by atoms with Crippen molar-refractivity contribution in [2.24, 2.45) is 5.10 Å². The summed E-state index contributed by atoms with van der Waals surface area (Å²) in [5.74, 6) is -0.796. The van der Waals surface area contributed by atoms with E-state index in [0.29, 0.717) is 29.4 Å². The molecule has 1 amide bonds. The summed E-state index contributed by atoms with van der Waals surface area (Å²) in [6, 6.07) is 24.1. The van der Waals surface area contributed by atoms with Gasteiger partial charge in [-0.15, -0.1) is 0 Å². The molecule has 4 rings (SSSR count). The number of hydrogen-bond donors (Lipinski definition) is 2. The number of halogens is 1. The van der Waals surface area contributed by atoms with Gasteiger partial charge in [-0.2, -0.15) is 10.1 Å². The summed E-state index contributed by atoms with van der Waals surface area (Å²) in [7, 11) is 1.60. The largest absolute Gasteiger partial charge is 0.497 e. The maximum Gasteiger partial charge on any atom is 0.309 e.